The Kier molecular flexibility index (Phi) is 2.44. The molecule has 0 heterocycles. The molecule has 1 rings (SSSR count). The van der Waals surface area contributed by atoms with Gasteiger partial charge in [-0.15, -0.1) is 0 Å². The van der Waals surface area contributed by atoms with Gasteiger partial charge >= 0.3 is 0 Å². The summed E-state index contributed by atoms with van der Waals surface area (Å²) in [5.41, 5.74) is 5.41. The Morgan fingerprint density at radius 3 is 2.50 bits per heavy atom. The Balaban J connectivity index is 2.30. The van der Waals surface area contributed by atoms with Crippen LogP contribution in [0.25, 0.3) is 0 Å². The first-order valence-electron chi connectivity index (χ1n) is 3.44. The summed E-state index contributed by atoms with van der Waals surface area (Å²) >= 11 is -1.88. The van der Waals surface area contributed by atoms with Crippen LogP contribution in [0.15, 0.2) is 0 Å². The van der Waals surface area contributed by atoms with E-state index in [1.54, 1.807) is 0 Å². The third-order valence-electron chi connectivity index (χ3n) is 2.06. The van der Waals surface area contributed by atoms with Crippen molar-refractivity contribution in [1.29, 1.82) is 0 Å². The van der Waals surface area contributed by atoms with E-state index in [0.29, 0.717) is 12.3 Å². The fourth-order valence-electron chi connectivity index (χ4n) is 1.20. The predicted molar refractivity (Wildman–Crippen MR) is 39.1 cm³/mol. The zero-order chi connectivity index (χ0) is 7.61. The van der Waals surface area contributed by atoms with Crippen LogP contribution in [0.2, 0.25) is 0 Å². The fourth-order valence-corrected chi connectivity index (χ4v) is 2.13. The van der Waals surface area contributed by atoms with Crippen molar-refractivity contribution in [2.24, 2.45) is 11.1 Å². The lowest BCUT2D eigenvalue weighted by Crippen LogP contribution is -2.16. The van der Waals surface area contributed by atoms with Crippen LogP contribution in [0.4, 0.5) is 0 Å². The van der Waals surface area contributed by atoms with Crippen LogP contribution in [0, 0.1) is 5.41 Å². The molecular formula is C6H12NO2S-. The van der Waals surface area contributed by atoms with Crippen LogP contribution in [0.1, 0.15) is 19.3 Å². The summed E-state index contributed by atoms with van der Waals surface area (Å²) in [4.78, 5) is 0. The summed E-state index contributed by atoms with van der Waals surface area (Å²) in [6.45, 7) is 0.608. The Morgan fingerprint density at radius 2 is 2.20 bits per heavy atom. The van der Waals surface area contributed by atoms with Gasteiger partial charge in [0.05, 0.1) is 0 Å². The van der Waals surface area contributed by atoms with Gasteiger partial charge in [-0.2, -0.15) is 0 Å². The van der Waals surface area contributed by atoms with Crippen LogP contribution in [0.5, 0.6) is 0 Å². The maximum Gasteiger partial charge on any atom is 0.0159 e. The van der Waals surface area contributed by atoms with Crippen molar-refractivity contribution in [3.63, 3.8) is 0 Å². The SMILES string of the molecule is NCCC1(CS(=O)[O-])CC1. The Hall–Kier alpha value is 0.0700. The number of rotatable bonds is 4. The van der Waals surface area contributed by atoms with Gasteiger partial charge in [0, 0.05) is 5.75 Å². The molecule has 1 fully saturated rings. The average Bonchev–Trinajstić information content (AvgIpc) is 2.47. The van der Waals surface area contributed by atoms with Gasteiger partial charge in [0.15, 0.2) is 0 Å². The van der Waals surface area contributed by atoms with Crippen LogP contribution in [0.3, 0.4) is 0 Å². The summed E-state index contributed by atoms with van der Waals surface area (Å²) in [6.07, 6.45) is 2.94. The molecule has 1 unspecified atom stereocenters. The molecule has 2 N–H and O–H groups in total. The van der Waals surface area contributed by atoms with E-state index in [1.165, 1.54) is 0 Å². The second kappa shape index (κ2) is 2.98. The minimum atomic E-state index is -1.88. The van der Waals surface area contributed by atoms with E-state index in [1.807, 2.05) is 0 Å². The van der Waals surface area contributed by atoms with Crippen molar-refractivity contribution in [2.45, 2.75) is 19.3 Å². The van der Waals surface area contributed by atoms with Gasteiger partial charge in [0.25, 0.3) is 0 Å². The highest BCUT2D eigenvalue weighted by Gasteiger charge is 2.41. The van der Waals surface area contributed by atoms with Crippen LogP contribution < -0.4 is 5.73 Å². The van der Waals surface area contributed by atoms with Gasteiger partial charge in [-0.3, -0.25) is 4.21 Å². The topological polar surface area (TPSA) is 66.2 Å². The minimum absolute atomic E-state index is 0.0847. The largest absolute Gasteiger partial charge is 0.772 e. The predicted octanol–water partition coefficient (Wildman–Crippen LogP) is -0.00550. The molecule has 0 aromatic carbocycles. The normalized spacial score (nSPS) is 24.2. The molecule has 0 saturated heterocycles. The summed E-state index contributed by atoms with van der Waals surface area (Å²) in [6, 6.07) is 0. The molecule has 0 amide bonds. The molecule has 1 atom stereocenters. The van der Waals surface area contributed by atoms with E-state index in [9.17, 15) is 8.76 Å². The molecule has 1 aliphatic carbocycles. The smallest absolute Gasteiger partial charge is 0.0159 e. The third-order valence-corrected chi connectivity index (χ3v) is 2.90. The quantitative estimate of drug-likeness (QED) is 0.591. The molecular weight excluding hydrogens is 150 g/mol. The van der Waals surface area contributed by atoms with Gasteiger partial charge < -0.3 is 10.3 Å². The molecule has 0 aliphatic heterocycles. The zero-order valence-electron chi connectivity index (χ0n) is 5.84. The van der Waals surface area contributed by atoms with E-state index >= 15 is 0 Å². The summed E-state index contributed by atoms with van der Waals surface area (Å²) in [5.74, 6) is 0.310. The maximum absolute atomic E-state index is 10.3. The lowest BCUT2D eigenvalue weighted by Gasteiger charge is -2.14. The molecule has 0 aromatic heterocycles. The van der Waals surface area contributed by atoms with E-state index in [2.05, 4.69) is 0 Å². The summed E-state index contributed by atoms with van der Waals surface area (Å²) < 4.78 is 20.6. The molecule has 3 nitrogen and oxygen atoms in total. The van der Waals surface area contributed by atoms with Crippen molar-refractivity contribution in [3.8, 4) is 0 Å². The van der Waals surface area contributed by atoms with Crippen LogP contribution in [-0.2, 0) is 11.1 Å². The van der Waals surface area contributed by atoms with E-state index in [-0.39, 0.29) is 5.41 Å². The minimum Gasteiger partial charge on any atom is -0.772 e. The van der Waals surface area contributed by atoms with Crippen molar-refractivity contribution in [3.05, 3.63) is 0 Å². The van der Waals surface area contributed by atoms with Gasteiger partial charge in [-0.1, -0.05) is 11.1 Å². The first-order valence-corrected chi connectivity index (χ1v) is 4.69. The van der Waals surface area contributed by atoms with E-state index in [0.717, 1.165) is 19.3 Å². The van der Waals surface area contributed by atoms with Crippen molar-refractivity contribution in [1.82, 2.24) is 0 Å². The van der Waals surface area contributed by atoms with E-state index < -0.39 is 11.1 Å². The Bertz CT molecular complexity index is 145. The Labute approximate surface area is 63.3 Å². The highest BCUT2D eigenvalue weighted by molar-refractivity contribution is 7.79. The standard InChI is InChI=1S/C6H13NO2S/c7-4-3-6(1-2-6)5-10(8)9/h1-5,7H2,(H,8,9)/p-1. The lowest BCUT2D eigenvalue weighted by molar-refractivity contribution is 0.486. The lowest BCUT2D eigenvalue weighted by atomic mass is 10.1. The van der Waals surface area contributed by atoms with Gasteiger partial charge in [0.1, 0.15) is 0 Å². The first kappa shape index (κ1) is 8.17. The zero-order valence-corrected chi connectivity index (χ0v) is 6.65. The van der Waals surface area contributed by atoms with Gasteiger partial charge in [-0.25, -0.2) is 0 Å². The van der Waals surface area contributed by atoms with Crippen molar-refractivity contribution < 1.29 is 8.76 Å². The summed E-state index contributed by atoms with van der Waals surface area (Å²) in [7, 11) is 0. The van der Waals surface area contributed by atoms with Crippen molar-refractivity contribution >= 4 is 11.1 Å². The molecule has 0 spiro atoms. The van der Waals surface area contributed by atoms with E-state index in [4.69, 9.17) is 5.73 Å². The second-order valence-corrected chi connectivity index (χ2v) is 3.88. The fraction of sp³-hybridized carbons (Fsp3) is 1.00. The number of nitrogens with two attached hydrogens (primary N) is 1. The maximum atomic E-state index is 10.3. The molecule has 0 bridgehead atoms. The molecule has 1 aliphatic rings. The summed E-state index contributed by atoms with van der Waals surface area (Å²) in [5, 5.41) is 0. The third kappa shape index (κ3) is 2.04. The highest BCUT2D eigenvalue weighted by atomic mass is 32.2. The molecule has 10 heavy (non-hydrogen) atoms. The highest BCUT2D eigenvalue weighted by Crippen LogP contribution is 2.48. The molecule has 0 aromatic rings. The van der Waals surface area contributed by atoms with Gasteiger partial charge in [-0.05, 0) is 31.2 Å². The first-order chi connectivity index (χ1) is 4.68. The Morgan fingerprint density at radius 1 is 1.60 bits per heavy atom. The molecule has 60 valence electrons. The number of hydrogen-bond acceptors (Lipinski definition) is 3. The molecule has 4 heteroatoms. The second-order valence-electron chi connectivity index (χ2n) is 2.99. The van der Waals surface area contributed by atoms with Gasteiger partial charge in [0.2, 0.25) is 0 Å². The molecule has 1 saturated carbocycles. The average molecular weight is 162 g/mol. The van der Waals surface area contributed by atoms with Crippen LogP contribution in [-0.4, -0.2) is 21.1 Å². The van der Waals surface area contributed by atoms with Crippen molar-refractivity contribution in [2.75, 3.05) is 12.3 Å². The molecule has 0 radical (unpaired) electrons. The monoisotopic (exact) mass is 162 g/mol. The van der Waals surface area contributed by atoms with Crippen LogP contribution >= 0.6 is 0 Å². The number of hydrogen-bond donors (Lipinski definition) is 1.